The van der Waals surface area contributed by atoms with Crippen LogP contribution in [0.5, 0.6) is 0 Å². The fourth-order valence-corrected chi connectivity index (χ4v) is 6.26. The third-order valence-electron chi connectivity index (χ3n) is 8.42. The second kappa shape index (κ2) is 10.2. The number of rotatable bonds is 4. The van der Waals surface area contributed by atoms with E-state index in [1.54, 1.807) is 0 Å². The predicted molar refractivity (Wildman–Crippen MR) is 181 cm³/mol. The van der Waals surface area contributed by atoms with Gasteiger partial charge in [0.25, 0.3) is 0 Å². The number of fused-ring (bicyclic) bond motifs is 5. The maximum absolute atomic E-state index is 2.36. The van der Waals surface area contributed by atoms with E-state index < -0.39 is 0 Å². The van der Waals surface area contributed by atoms with Crippen molar-refractivity contribution in [1.82, 2.24) is 0 Å². The number of benzene rings is 8. The second-order valence-corrected chi connectivity index (χ2v) is 11.0. The number of hydrogen-bond acceptors (Lipinski definition) is 0. The van der Waals surface area contributed by atoms with E-state index >= 15 is 0 Å². The van der Waals surface area contributed by atoms with Crippen molar-refractivity contribution in [2.24, 2.45) is 0 Å². The van der Waals surface area contributed by atoms with Gasteiger partial charge in [-0.3, -0.25) is 0 Å². The Morgan fingerprint density at radius 1 is 0.190 bits per heavy atom. The van der Waals surface area contributed by atoms with Crippen molar-refractivity contribution >= 4 is 32.3 Å². The highest BCUT2D eigenvalue weighted by Gasteiger charge is 2.10. The lowest BCUT2D eigenvalue weighted by Gasteiger charge is -2.13. The molecule has 0 aliphatic rings. The molecule has 0 unspecified atom stereocenters. The summed E-state index contributed by atoms with van der Waals surface area (Å²) in [7, 11) is 0. The molecule has 0 bridgehead atoms. The summed E-state index contributed by atoms with van der Waals surface area (Å²) in [5.74, 6) is 0. The first-order valence-electron chi connectivity index (χ1n) is 14.5. The van der Waals surface area contributed by atoms with Crippen LogP contribution < -0.4 is 0 Å². The van der Waals surface area contributed by atoms with E-state index in [9.17, 15) is 0 Å². The first kappa shape index (κ1) is 24.3. The van der Waals surface area contributed by atoms with Crippen molar-refractivity contribution < 1.29 is 0 Å². The molecule has 0 heterocycles. The fraction of sp³-hybridized carbons (Fsp3) is 0. The zero-order valence-electron chi connectivity index (χ0n) is 23.2. The molecule has 0 spiro atoms. The molecular weight excluding hydrogens is 504 g/mol. The largest absolute Gasteiger partial charge is 0.0622 e. The SMILES string of the molecule is c1ccc(-c2cc(-c3ccccc3)cc(-c3cccc(-c4ccc5ccc6c7ccccc7ccc6c5c4)c3)c2)cc1. The molecule has 0 radical (unpaired) electrons. The summed E-state index contributed by atoms with van der Waals surface area (Å²) in [4.78, 5) is 0. The summed E-state index contributed by atoms with van der Waals surface area (Å²) in [6, 6.07) is 61.8. The molecule has 0 aliphatic carbocycles. The maximum atomic E-state index is 2.36. The standard InChI is InChI=1S/C42H28/c1-3-10-29(11-4-1)36-25-37(30-12-5-2-6-13-30)27-38(26-36)34-16-9-15-33(24-34)35-19-18-32-21-22-40-39-17-8-7-14-31(39)20-23-41(40)42(32)28-35/h1-28H. The van der Waals surface area contributed by atoms with Gasteiger partial charge in [-0.2, -0.15) is 0 Å². The van der Waals surface area contributed by atoms with Gasteiger partial charge in [-0.1, -0.05) is 140 Å². The van der Waals surface area contributed by atoms with Crippen LogP contribution in [0.2, 0.25) is 0 Å². The van der Waals surface area contributed by atoms with Crippen LogP contribution in [0.15, 0.2) is 170 Å². The Morgan fingerprint density at radius 3 is 1.29 bits per heavy atom. The lowest BCUT2D eigenvalue weighted by atomic mass is 9.91. The van der Waals surface area contributed by atoms with Crippen LogP contribution in [0.4, 0.5) is 0 Å². The lowest BCUT2D eigenvalue weighted by molar-refractivity contribution is 1.56. The van der Waals surface area contributed by atoms with Gasteiger partial charge in [0.15, 0.2) is 0 Å². The normalized spacial score (nSPS) is 11.3. The van der Waals surface area contributed by atoms with Crippen LogP contribution in [0.1, 0.15) is 0 Å². The van der Waals surface area contributed by atoms with E-state index in [2.05, 4.69) is 170 Å². The minimum Gasteiger partial charge on any atom is -0.0622 e. The second-order valence-electron chi connectivity index (χ2n) is 11.0. The molecule has 8 rings (SSSR count). The van der Waals surface area contributed by atoms with E-state index in [0.717, 1.165) is 0 Å². The highest BCUT2D eigenvalue weighted by atomic mass is 14.1. The zero-order valence-corrected chi connectivity index (χ0v) is 23.2. The van der Waals surface area contributed by atoms with E-state index in [1.807, 2.05) is 0 Å². The first-order valence-corrected chi connectivity index (χ1v) is 14.5. The molecule has 0 fully saturated rings. The highest BCUT2D eigenvalue weighted by molar-refractivity contribution is 6.17. The van der Waals surface area contributed by atoms with Crippen LogP contribution in [-0.2, 0) is 0 Å². The molecule has 0 amide bonds. The molecule has 0 N–H and O–H groups in total. The van der Waals surface area contributed by atoms with E-state index in [0.29, 0.717) is 0 Å². The third-order valence-corrected chi connectivity index (χ3v) is 8.42. The van der Waals surface area contributed by atoms with Gasteiger partial charge >= 0.3 is 0 Å². The smallest absolute Gasteiger partial charge is 0.00987 e. The minimum absolute atomic E-state index is 1.21. The van der Waals surface area contributed by atoms with Gasteiger partial charge in [-0.25, -0.2) is 0 Å². The first-order chi connectivity index (χ1) is 20.8. The summed E-state index contributed by atoms with van der Waals surface area (Å²) in [6.45, 7) is 0. The van der Waals surface area contributed by atoms with E-state index in [-0.39, 0.29) is 0 Å². The van der Waals surface area contributed by atoms with Crippen LogP contribution in [0, 0.1) is 0 Å². The van der Waals surface area contributed by atoms with Crippen molar-refractivity contribution in [3.05, 3.63) is 170 Å². The topological polar surface area (TPSA) is 0 Å². The highest BCUT2D eigenvalue weighted by Crippen LogP contribution is 2.37. The molecular formula is C42H28. The molecule has 0 aromatic heterocycles. The van der Waals surface area contributed by atoms with Gasteiger partial charge in [0.05, 0.1) is 0 Å². The molecule has 8 aromatic carbocycles. The molecule has 0 nitrogen and oxygen atoms in total. The van der Waals surface area contributed by atoms with Crippen molar-refractivity contribution in [2.75, 3.05) is 0 Å². The molecule has 0 aliphatic heterocycles. The van der Waals surface area contributed by atoms with Gasteiger partial charge < -0.3 is 0 Å². The Balaban J connectivity index is 1.27. The Bertz CT molecular complexity index is 2170. The minimum atomic E-state index is 1.21. The van der Waals surface area contributed by atoms with Crippen molar-refractivity contribution in [1.29, 1.82) is 0 Å². The molecule has 0 saturated carbocycles. The molecule has 0 saturated heterocycles. The van der Waals surface area contributed by atoms with Crippen molar-refractivity contribution in [3.63, 3.8) is 0 Å². The maximum Gasteiger partial charge on any atom is -0.00987 e. The lowest BCUT2D eigenvalue weighted by Crippen LogP contribution is -1.87. The predicted octanol–water partition coefficient (Wildman–Crippen LogP) is 11.8. The Kier molecular flexibility index (Phi) is 5.90. The van der Waals surface area contributed by atoms with Crippen LogP contribution >= 0.6 is 0 Å². The summed E-state index contributed by atoms with van der Waals surface area (Å²) in [5, 5.41) is 7.74. The monoisotopic (exact) mass is 532 g/mol. The van der Waals surface area contributed by atoms with Crippen molar-refractivity contribution in [3.8, 4) is 44.5 Å². The van der Waals surface area contributed by atoms with Gasteiger partial charge in [0.2, 0.25) is 0 Å². The van der Waals surface area contributed by atoms with E-state index in [4.69, 9.17) is 0 Å². The molecule has 0 atom stereocenters. The van der Waals surface area contributed by atoms with E-state index in [1.165, 1.54) is 76.8 Å². The average Bonchev–Trinajstić information content (AvgIpc) is 3.08. The molecule has 42 heavy (non-hydrogen) atoms. The third kappa shape index (κ3) is 4.35. The number of hydrogen-bond donors (Lipinski definition) is 0. The molecule has 196 valence electrons. The van der Waals surface area contributed by atoms with Crippen LogP contribution in [0.25, 0.3) is 76.8 Å². The average molecular weight is 533 g/mol. The Morgan fingerprint density at radius 2 is 0.619 bits per heavy atom. The summed E-state index contributed by atoms with van der Waals surface area (Å²) >= 11 is 0. The summed E-state index contributed by atoms with van der Waals surface area (Å²) in [5.41, 5.74) is 9.78. The van der Waals surface area contributed by atoms with Crippen LogP contribution in [0.3, 0.4) is 0 Å². The van der Waals surface area contributed by atoms with Gasteiger partial charge in [0, 0.05) is 0 Å². The Hall–Kier alpha value is -5.46. The molecule has 8 aromatic rings. The van der Waals surface area contributed by atoms with Crippen molar-refractivity contribution in [2.45, 2.75) is 0 Å². The van der Waals surface area contributed by atoms with Crippen LogP contribution in [-0.4, -0.2) is 0 Å². The summed E-state index contributed by atoms with van der Waals surface area (Å²) < 4.78 is 0. The van der Waals surface area contributed by atoms with Gasteiger partial charge in [-0.15, -0.1) is 0 Å². The van der Waals surface area contributed by atoms with Gasteiger partial charge in [0.1, 0.15) is 0 Å². The quantitative estimate of drug-likeness (QED) is 0.198. The summed E-state index contributed by atoms with van der Waals surface area (Å²) in [6.07, 6.45) is 0. The zero-order chi connectivity index (χ0) is 27.9. The van der Waals surface area contributed by atoms with Gasteiger partial charge in [-0.05, 0) is 107 Å². The Labute approximate surface area is 246 Å². The molecule has 0 heteroatoms. The fourth-order valence-electron chi connectivity index (χ4n) is 6.26.